The molecule has 15 heavy (non-hydrogen) atoms. The summed E-state index contributed by atoms with van der Waals surface area (Å²) < 4.78 is 39.0. The molecule has 2 heterocycles. The molecule has 0 aliphatic rings. The Hall–Kier alpha value is -1.23. The fourth-order valence-corrected chi connectivity index (χ4v) is 1.48. The van der Waals surface area contributed by atoms with Crippen LogP contribution in [-0.4, -0.2) is 9.38 Å². The van der Waals surface area contributed by atoms with E-state index in [1.807, 2.05) is 0 Å². The lowest BCUT2D eigenvalue weighted by atomic mass is 10.2. The summed E-state index contributed by atoms with van der Waals surface area (Å²) in [5, 5.41) is 0. The number of halogens is 4. The summed E-state index contributed by atoms with van der Waals surface area (Å²) in [4.78, 5) is 3.81. The van der Waals surface area contributed by atoms with Crippen LogP contribution < -0.4 is 0 Å². The number of pyridine rings is 1. The predicted molar refractivity (Wildman–Crippen MR) is 49.8 cm³/mol. The summed E-state index contributed by atoms with van der Waals surface area (Å²) in [7, 11) is 0. The maximum Gasteiger partial charge on any atom is 0.419 e. The van der Waals surface area contributed by atoms with E-state index in [0.717, 1.165) is 6.07 Å². The minimum Gasteiger partial charge on any atom is -0.306 e. The van der Waals surface area contributed by atoms with Crippen molar-refractivity contribution in [1.29, 1.82) is 0 Å². The zero-order chi connectivity index (χ0) is 11.1. The van der Waals surface area contributed by atoms with Gasteiger partial charge >= 0.3 is 6.18 Å². The minimum absolute atomic E-state index is 0.0962. The molecule has 6 heteroatoms. The number of fused-ring (bicyclic) bond motifs is 1. The Morgan fingerprint density at radius 2 is 2.13 bits per heavy atom. The van der Waals surface area contributed by atoms with Crippen LogP contribution >= 0.6 is 11.6 Å². The van der Waals surface area contributed by atoms with Crippen LogP contribution in [-0.2, 0) is 12.1 Å². The molecule has 0 amide bonds. The third-order valence-electron chi connectivity index (χ3n) is 1.97. The standard InChI is InChI=1S/C9H6ClF3N2/c10-4-6-5-15-3-1-2-7(8(15)14-6)9(11,12)13/h1-3,5H,4H2. The number of aromatic nitrogens is 2. The van der Waals surface area contributed by atoms with Gasteiger partial charge in [-0.3, -0.25) is 0 Å². The Bertz CT molecular complexity index is 490. The van der Waals surface area contributed by atoms with Crippen molar-refractivity contribution in [2.75, 3.05) is 0 Å². The molecule has 80 valence electrons. The Labute approximate surface area is 88.3 Å². The van der Waals surface area contributed by atoms with Gasteiger partial charge in [0.1, 0.15) is 5.65 Å². The molecule has 2 aromatic rings. The molecule has 0 unspecified atom stereocenters. The quantitative estimate of drug-likeness (QED) is 0.693. The number of alkyl halides is 4. The second-order valence-corrected chi connectivity index (χ2v) is 3.28. The maximum absolute atomic E-state index is 12.5. The molecular formula is C9H6ClF3N2. The SMILES string of the molecule is FC(F)(F)c1cccn2cc(CCl)nc12. The lowest BCUT2D eigenvalue weighted by molar-refractivity contribution is -0.136. The van der Waals surface area contributed by atoms with Crippen molar-refractivity contribution < 1.29 is 13.2 Å². The van der Waals surface area contributed by atoms with E-state index in [2.05, 4.69) is 4.98 Å². The number of hydrogen-bond donors (Lipinski definition) is 0. The van der Waals surface area contributed by atoms with Crippen molar-refractivity contribution in [3.8, 4) is 0 Å². The average Bonchev–Trinajstić information content (AvgIpc) is 2.57. The van der Waals surface area contributed by atoms with Crippen molar-refractivity contribution in [1.82, 2.24) is 9.38 Å². The topological polar surface area (TPSA) is 17.3 Å². The molecular weight excluding hydrogens is 229 g/mol. The lowest BCUT2D eigenvalue weighted by Gasteiger charge is -2.06. The van der Waals surface area contributed by atoms with Gasteiger partial charge in [-0.15, -0.1) is 11.6 Å². The monoisotopic (exact) mass is 234 g/mol. The van der Waals surface area contributed by atoms with Crippen molar-refractivity contribution >= 4 is 17.2 Å². The number of hydrogen-bond acceptors (Lipinski definition) is 1. The zero-order valence-corrected chi connectivity index (χ0v) is 8.18. The fourth-order valence-electron chi connectivity index (χ4n) is 1.35. The molecule has 0 fully saturated rings. The number of imidazole rings is 1. The summed E-state index contributed by atoms with van der Waals surface area (Å²) in [6.45, 7) is 0. The third-order valence-corrected chi connectivity index (χ3v) is 2.25. The van der Waals surface area contributed by atoms with Gasteiger partial charge < -0.3 is 4.40 Å². The molecule has 0 atom stereocenters. The van der Waals surface area contributed by atoms with E-state index in [4.69, 9.17) is 11.6 Å². The molecule has 0 bridgehead atoms. The van der Waals surface area contributed by atoms with Crippen LogP contribution in [0.3, 0.4) is 0 Å². The van der Waals surface area contributed by atoms with Gasteiger partial charge in [0.05, 0.1) is 17.1 Å². The molecule has 0 aliphatic carbocycles. The molecule has 0 saturated heterocycles. The first kappa shape index (κ1) is 10.3. The highest BCUT2D eigenvalue weighted by atomic mass is 35.5. The van der Waals surface area contributed by atoms with E-state index in [0.29, 0.717) is 5.69 Å². The Morgan fingerprint density at radius 1 is 1.40 bits per heavy atom. The molecule has 0 N–H and O–H groups in total. The molecule has 0 spiro atoms. The Morgan fingerprint density at radius 3 is 2.73 bits per heavy atom. The highest BCUT2D eigenvalue weighted by Gasteiger charge is 2.33. The molecule has 0 saturated carbocycles. The summed E-state index contributed by atoms with van der Waals surface area (Å²) in [5.41, 5.74) is -0.435. The number of nitrogens with zero attached hydrogens (tertiary/aromatic N) is 2. The largest absolute Gasteiger partial charge is 0.419 e. The molecule has 2 aromatic heterocycles. The van der Waals surface area contributed by atoms with Gasteiger partial charge in [0.2, 0.25) is 0 Å². The summed E-state index contributed by atoms with van der Waals surface area (Å²) >= 11 is 5.51. The third kappa shape index (κ3) is 1.79. The normalized spacial score (nSPS) is 12.3. The average molecular weight is 235 g/mol. The molecule has 0 aliphatic heterocycles. The fraction of sp³-hybridized carbons (Fsp3) is 0.222. The second-order valence-electron chi connectivity index (χ2n) is 3.02. The van der Waals surface area contributed by atoms with Crippen molar-refractivity contribution in [3.63, 3.8) is 0 Å². The van der Waals surface area contributed by atoms with Gasteiger partial charge in [-0.1, -0.05) is 0 Å². The van der Waals surface area contributed by atoms with Gasteiger partial charge in [-0.05, 0) is 12.1 Å². The highest BCUT2D eigenvalue weighted by molar-refractivity contribution is 6.16. The highest BCUT2D eigenvalue weighted by Crippen LogP contribution is 2.31. The maximum atomic E-state index is 12.5. The van der Waals surface area contributed by atoms with Gasteiger partial charge in [0, 0.05) is 12.4 Å². The van der Waals surface area contributed by atoms with Crippen LogP contribution in [0.25, 0.3) is 5.65 Å². The lowest BCUT2D eigenvalue weighted by Crippen LogP contribution is -2.07. The first-order valence-corrected chi connectivity index (χ1v) is 4.65. The van der Waals surface area contributed by atoms with E-state index in [-0.39, 0.29) is 11.5 Å². The minimum atomic E-state index is -4.39. The van der Waals surface area contributed by atoms with Crippen molar-refractivity contribution in [2.45, 2.75) is 12.1 Å². The van der Waals surface area contributed by atoms with Crippen LogP contribution in [0.4, 0.5) is 13.2 Å². The summed E-state index contributed by atoms with van der Waals surface area (Å²) in [6.07, 6.45) is -1.40. The Balaban J connectivity index is 2.70. The van der Waals surface area contributed by atoms with Crippen LogP contribution in [0.1, 0.15) is 11.3 Å². The molecule has 2 nitrogen and oxygen atoms in total. The first-order valence-electron chi connectivity index (χ1n) is 4.12. The van der Waals surface area contributed by atoms with Gasteiger partial charge in [0.15, 0.2) is 0 Å². The summed E-state index contributed by atoms with van der Waals surface area (Å²) in [5.74, 6) is 0.0962. The van der Waals surface area contributed by atoms with Crippen LogP contribution in [0.15, 0.2) is 24.5 Å². The van der Waals surface area contributed by atoms with Crippen molar-refractivity contribution in [3.05, 3.63) is 35.8 Å². The van der Waals surface area contributed by atoms with E-state index in [1.54, 1.807) is 0 Å². The van der Waals surface area contributed by atoms with Gasteiger partial charge in [0.25, 0.3) is 0 Å². The van der Waals surface area contributed by atoms with Crippen LogP contribution in [0.2, 0.25) is 0 Å². The second kappa shape index (κ2) is 3.41. The molecule has 0 radical (unpaired) electrons. The van der Waals surface area contributed by atoms with Crippen LogP contribution in [0, 0.1) is 0 Å². The van der Waals surface area contributed by atoms with E-state index < -0.39 is 11.7 Å². The van der Waals surface area contributed by atoms with E-state index >= 15 is 0 Å². The first-order chi connectivity index (χ1) is 7.02. The van der Waals surface area contributed by atoms with E-state index in [9.17, 15) is 13.2 Å². The van der Waals surface area contributed by atoms with E-state index in [1.165, 1.54) is 22.9 Å². The van der Waals surface area contributed by atoms with Crippen LogP contribution in [0.5, 0.6) is 0 Å². The summed E-state index contributed by atoms with van der Waals surface area (Å²) in [6, 6.07) is 2.33. The predicted octanol–water partition coefficient (Wildman–Crippen LogP) is 3.09. The number of rotatable bonds is 1. The smallest absolute Gasteiger partial charge is 0.306 e. The van der Waals surface area contributed by atoms with Crippen molar-refractivity contribution in [2.24, 2.45) is 0 Å². The Kier molecular flexibility index (Phi) is 2.34. The molecule has 2 rings (SSSR count). The zero-order valence-electron chi connectivity index (χ0n) is 7.42. The van der Waals surface area contributed by atoms with Gasteiger partial charge in [-0.2, -0.15) is 13.2 Å². The van der Waals surface area contributed by atoms with Gasteiger partial charge in [-0.25, -0.2) is 4.98 Å². The molecule has 0 aromatic carbocycles.